The molecule has 0 fully saturated rings. The van der Waals surface area contributed by atoms with Crippen LogP contribution in [0.3, 0.4) is 0 Å². The van der Waals surface area contributed by atoms with Gasteiger partial charge in [0.1, 0.15) is 5.82 Å². The van der Waals surface area contributed by atoms with E-state index in [9.17, 15) is 17.6 Å². The van der Waals surface area contributed by atoms with E-state index in [0.29, 0.717) is 17.7 Å². The van der Waals surface area contributed by atoms with Crippen molar-refractivity contribution in [3.8, 4) is 0 Å². The molecule has 160 valence electrons. The number of halogens is 1. The van der Waals surface area contributed by atoms with Gasteiger partial charge in [-0.1, -0.05) is 30.3 Å². The Morgan fingerprint density at radius 2 is 1.77 bits per heavy atom. The van der Waals surface area contributed by atoms with Crippen LogP contribution in [-0.4, -0.2) is 20.4 Å². The quantitative estimate of drug-likeness (QED) is 0.626. The average Bonchev–Trinajstić information content (AvgIpc) is 2.76. The summed E-state index contributed by atoms with van der Waals surface area (Å²) in [6, 6.07) is 18.0. The Kier molecular flexibility index (Phi) is 5.89. The summed E-state index contributed by atoms with van der Waals surface area (Å²) in [6.07, 6.45) is 2.18. The Morgan fingerprint density at radius 3 is 2.55 bits per heavy atom. The van der Waals surface area contributed by atoms with Gasteiger partial charge in [0.05, 0.1) is 4.90 Å². The standard InChI is InChI=1S/C24H23FN2O3S/c1-16-13-20(11-12-23(16)25)26-24(28)19-7-4-8-22(15-19)31(29,30)27-21-10-9-17-5-2-3-6-18(17)14-21/h2-8,11-13,15,21,27H,9-10,14H2,1H3,(H,26,28)/t21-/m1/s1. The topological polar surface area (TPSA) is 75.3 Å². The van der Waals surface area contributed by atoms with Gasteiger partial charge in [-0.15, -0.1) is 0 Å². The molecule has 31 heavy (non-hydrogen) atoms. The number of benzene rings is 3. The van der Waals surface area contributed by atoms with E-state index in [2.05, 4.69) is 16.1 Å². The lowest BCUT2D eigenvalue weighted by atomic mass is 9.89. The summed E-state index contributed by atoms with van der Waals surface area (Å²) < 4.78 is 42.1. The Labute approximate surface area is 181 Å². The van der Waals surface area contributed by atoms with Crippen LogP contribution in [0.5, 0.6) is 0 Å². The van der Waals surface area contributed by atoms with Gasteiger partial charge in [-0.3, -0.25) is 4.79 Å². The molecule has 1 amide bonds. The van der Waals surface area contributed by atoms with E-state index in [-0.39, 0.29) is 22.3 Å². The van der Waals surface area contributed by atoms with E-state index >= 15 is 0 Å². The number of anilines is 1. The van der Waals surface area contributed by atoms with E-state index in [4.69, 9.17) is 0 Å². The fourth-order valence-electron chi connectivity index (χ4n) is 3.82. The summed E-state index contributed by atoms with van der Waals surface area (Å²) in [5, 5.41) is 2.68. The zero-order chi connectivity index (χ0) is 22.0. The van der Waals surface area contributed by atoms with Crippen molar-refractivity contribution in [2.75, 3.05) is 5.32 Å². The van der Waals surface area contributed by atoms with Crippen LogP contribution in [0.4, 0.5) is 10.1 Å². The lowest BCUT2D eigenvalue weighted by Gasteiger charge is -2.25. The van der Waals surface area contributed by atoms with Gasteiger partial charge in [0.25, 0.3) is 5.91 Å². The molecule has 7 heteroatoms. The molecule has 0 spiro atoms. The Morgan fingerprint density at radius 1 is 1.00 bits per heavy atom. The maximum absolute atomic E-state index is 13.4. The molecule has 0 heterocycles. The SMILES string of the molecule is Cc1cc(NC(=O)c2cccc(S(=O)(=O)N[C@@H]3CCc4ccccc4C3)c2)ccc1F. The van der Waals surface area contributed by atoms with E-state index in [1.165, 1.54) is 42.0 Å². The maximum atomic E-state index is 13.4. The summed E-state index contributed by atoms with van der Waals surface area (Å²) in [6.45, 7) is 1.60. The van der Waals surface area contributed by atoms with E-state index in [1.54, 1.807) is 13.0 Å². The third-order valence-electron chi connectivity index (χ3n) is 5.49. The molecule has 1 atom stereocenters. The second-order valence-electron chi connectivity index (χ2n) is 7.78. The molecule has 0 saturated heterocycles. The van der Waals surface area contributed by atoms with Gasteiger partial charge in [-0.05, 0) is 79.3 Å². The van der Waals surface area contributed by atoms with Crippen LogP contribution in [0.15, 0.2) is 71.6 Å². The molecule has 0 aliphatic heterocycles. The van der Waals surface area contributed by atoms with Crippen LogP contribution in [0.25, 0.3) is 0 Å². The Balaban J connectivity index is 1.49. The van der Waals surface area contributed by atoms with E-state index in [1.807, 2.05) is 18.2 Å². The lowest BCUT2D eigenvalue weighted by Crippen LogP contribution is -2.38. The molecule has 0 bridgehead atoms. The molecular weight excluding hydrogens is 415 g/mol. The maximum Gasteiger partial charge on any atom is 0.255 e. The lowest BCUT2D eigenvalue weighted by molar-refractivity contribution is 0.102. The number of hydrogen-bond acceptors (Lipinski definition) is 3. The first kappa shape index (κ1) is 21.2. The highest BCUT2D eigenvalue weighted by molar-refractivity contribution is 7.89. The number of aryl methyl sites for hydroxylation is 2. The highest BCUT2D eigenvalue weighted by Crippen LogP contribution is 2.23. The smallest absolute Gasteiger partial charge is 0.255 e. The molecule has 2 N–H and O–H groups in total. The third-order valence-corrected chi connectivity index (χ3v) is 7.01. The second kappa shape index (κ2) is 8.61. The molecule has 0 unspecified atom stereocenters. The minimum Gasteiger partial charge on any atom is -0.322 e. The van der Waals surface area contributed by atoms with Crippen molar-refractivity contribution in [1.29, 1.82) is 0 Å². The minimum atomic E-state index is -3.78. The van der Waals surface area contributed by atoms with Gasteiger partial charge in [-0.25, -0.2) is 17.5 Å². The van der Waals surface area contributed by atoms with Crippen molar-refractivity contribution in [3.05, 3.63) is 94.8 Å². The van der Waals surface area contributed by atoms with Crippen molar-refractivity contribution < 1.29 is 17.6 Å². The Bertz CT molecular complexity index is 1240. The Hall–Kier alpha value is -3.03. The predicted molar refractivity (Wildman–Crippen MR) is 118 cm³/mol. The number of carbonyl (C=O) groups excluding carboxylic acids is 1. The molecule has 5 nitrogen and oxygen atoms in total. The number of nitrogens with one attached hydrogen (secondary N) is 2. The summed E-state index contributed by atoms with van der Waals surface area (Å²) in [7, 11) is -3.78. The first-order valence-electron chi connectivity index (χ1n) is 10.1. The number of carbonyl (C=O) groups is 1. The van der Waals surface area contributed by atoms with Crippen LogP contribution in [0.2, 0.25) is 0 Å². The molecule has 0 saturated carbocycles. The van der Waals surface area contributed by atoms with Crippen molar-refractivity contribution in [2.45, 2.75) is 37.1 Å². The third kappa shape index (κ3) is 4.84. The number of fused-ring (bicyclic) bond motifs is 1. The molecule has 3 aromatic rings. The highest BCUT2D eigenvalue weighted by Gasteiger charge is 2.25. The van der Waals surface area contributed by atoms with Crippen molar-refractivity contribution >= 4 is 21.6 Å². The monoisotopic (exact) mass is 438 g/mol. The van der Waals surface area contributed by atoms with Crippen molar-refractivity contribution in [2.24, 2.45) is 0 Å². The van der Waals surface area contributed by atoms with E-state index in [0.717, 1.165) is 18.4 Å². The molecule has 0 aromatic heterocycles. The molecule has 4 rings (SSSR count). The van der Waals surface area contributed by atoms with Gasteiger partial charge < -0.3 is 5.32 Å². The fourth-order valence-corrected chi connectivity index (χ4v) is 5.13. The van der Waals surface area contributed by atoms with Gasteiger partial charge in [-0.2, -0.15) is 0 Å². The summed E-state index contributed by atoms with van der Waals surface area (Å²) in [5.41, 5.74) is 3.47. The van der Waals surface area contributed by atoms with Crippen molar-refractivity contribution in [3.63, 3.8) is 0 Å². The number of rotatable bonds is 5. The van der Waals surface area contributed by atoms with Crippen LogP contribution in [0, 0.1) is 12.7 Å². The number of sulfonamides is 1. The molecular formula is C24H23FN2O3S. The zero-order valence-electron chi connectivity index (χ0n) is 17.1. The number of amides is 1. The van der Waals surface area contributed by atoms with Gasteiger partial charge in [0, 0.05) is 17.3 Å². The summed E-state index contributed by atoms with van der Waals surface area (Å²) in [5.74, 6) is -0.822. The van der Waals surface area contributed by atoms with Crippen LogP contribution >= 0.6 is 0 Å². The first-order chi connectivity index (χ1) is 14.8. The molecule has 0 radical (unpaired) electrons. The molecule has 3 aromatic carbocycles. The van der Waals surface area contributed by atoms with E-state index < -0.39 is 15.9 Å². The largest absolute Gasteiger partial charge is 0.322 e. The van der Waals surface area contributed by atoms with Crippen LogP contribution in [0.1, 0.15) is 33.5 Å². The molecule has 1 aliphatic carbocycles. The number of hydrogen-bond donors (Lipinski definition) is 2. The summed E-state index contributed by atoms with van der Waals surface area (Å²) in [4.78, 5) is 12.6. The zero-order valence-corrected chi connectivity index (χ0v) is 17.9. The van der Waals surface area contributed by atoms with Crippen LogP contribution < -0.4 is 10.0 Å². The highest BCUT2D eigenvalue weighted by atomic mass is 32.2. The predicted octanol–water partition coefficient (Wildman–Crippen LogP) is 4.22. The first-order valence-corrected chi connectivity index (χ1v) is 11.6. The average molecular weight is 439 g/mol. The van der Waals surface area contributed by atoms with Gasteiger partial charge >= 0.3 is 0 Å². The van der Waals surface area contributed by atoms with Crippen molar-refractivity contribution in [1.82, 2.24) is 4.72 Å². The minimum absolute atomic E-state index is 0.0364. The van der Waals surface area contributed by atoms with Gasteiger partial charge in [0.2, 0.25) is 10.0 Å². The normalized spacial score (nSPS) is 15.9. The molecule has 1 aliphatic rings. The van der Waals surface area contributed by atoms with Gasteiger partial charge in [0.15, 0.2) is 0 Å². The summed E-state index contributed by atoms with van der Waals surface area (Å²) >= 11 is 0. The second-order valence-corrected chi connectivity index (χ2v) is 9.49. The fraction of sp³-hybridized carbons (Fsp3) is 0.208. The van der Waals surface area contributed by atoms with Crippen LogP contribution in [-0.2, 0) is 22.9 Å².